The third kappa shape index (κ3) is 16.8. The van der Waals surface area contributed by atoms with Gasteiger partial charge < -0.3 is 69.4 Å². The molecule has 21 nitrogen and oxygen atoms in total. The quantitative estimate of drug-likeness (QED) is 0.0281. The van der Waals surface area contributed by atoms with Gasteiger partial charge in [0.25, 0.3) is 0 Å². The second-order valence-corrected chi connectivity index (χ2v) is 15.6. The smallest absolute Gasteiger partial charge is 0.326 e. The Labute approximate surface area is 348 Å². The Balaban J connectivity index is 2.16. The van der Waals surface area contributed by atoms with E-state index in [0.717, 1.165) is 23.4 Å². The van der Waals surface area contributed by atoms with Crippen molar-refractivity contribution < 1.29 is 48.9 Å². The van der Waals surface area contributed by atoms with Crippen LogP contribution in [0, 0.1) is 11.8 Å². The molecule has 2 rings (SSSR count). The minimum Gasteiger partial charge on any atom is -0.480 e. The molecule has 0 fully saturated rings. The maximum absolute atomic E-state index is 13.9. The van der Waals surface area contributed by atoms with Gasteiger partial charge in [-0.25, -0.2) is 4.79 Å². The second-order valence-electron chi connectivity index (χ2n) is 15.6. The molecular formula is C39H63N11O10. The number of aromatic amines is 1. The Morgan fingerprint density at radius 2 is 1.28 bits per heavy atom. The molecule has 16 N–H and O–H groups in total. The number of aromatic nitrogens is 1. The monoisotopic (exact) mass is 845 g/mol. The Kier molecular flexibility index (Phi) is 20.4. The van der Waals surface area contributed by atoms with E-state index in [-0.39, 0.29) is 50.0 Å². The lowest BCUT2D eigenvalue weighted by Crippen LogP contribution is -2.61. The van der Waals surface area contributed by atoms with E-state index in [1.807, 2.05) is 52.0 Å². The van der Waals surface area contributed by atoms with Gasteiger partial charge >= 0.3 is 5.97 Å². The number of rotatable bonds is 25. The number of benzene rings is 1. The lowest BCUT2D eigenvalue weighted by atomic mass is 9.99. The summed E-state index contributed by atoms with van der Waals surface area (Å²) < 4.78 is 0. The molecule has 6 amide bonds. The van der Waals surface area contributed by atoms with Crippen molar-refractivity contribution in [2.45, 2.75) is 122 Å². The number of aliphatic hydroxyl groups is 2. The van der Waals surface area contributed by atoms with Crippen molar-refractivity contribution in [1.29, 1.82) is 0 Å². The van der Waals surface area contributed by atoms with Crippen molar-refractivity contribution >= 4 is 58.3 Å². The van der Waals surface area contributed by atoms with Gasteiger partial charge in [0.2, 0.25) is 35.4 Å². The summed E-state index contributed by atoms with van der Waals surface area (Å²) in [5.41, 5.74) is 18.2. The van der Waals surface area contributed by atoms with Crippen LogP contribution < -0.4 is 49.1 Å². The molecule has 0 aliphatic rings. The number of carbonyl (C=O) groups excluding carboxylic acids is 6. The maximum Gasteiger partial charge on any atom is 0.326 e. The van der Waals surface area contributed by atoms with Gasteiger partial charge in [0.1, 0.15) is 30.2 Å². The van der Waals surface area contributed by atoms with Crippen LogP contribution in [0.5, 0.6) is 0 Å². The van der Waals surface area contributed by atoms with E-state index in [2.05, 4.69) is 41.9 Å². The van der Waals surface area contributed by atoms with Crippen LogP contribution in [0.15, 0.2) is 35.5 Å². The zero-order chi connectivity index (χ0) is 45.3. The number of hydrogen-bond donors (Lipinski definition) is 13. The van der Waals surface area contributed by atoms with Crippen molar-refractivity contribution in [1.82, 2.24) is 36.9 Å². The average molecular weight is 846 g/mol. The molecule has 21 heteroatoms. The number of para-hydroxylation sites is 1. The summed E-state index contributed by atoms with van der Waals surface area (Å²) in [6.45, 7) is 9.18. The van der Waals surface area contributed by atoms with Gasteiger partial charge in [-0.05, 0) is 63.0 Å². The number of aliphatic imine (C=N–C) groups is 1. The fourth-order valence-corrected chi connectivity index (χ4v) is 6.19. The number of nitrogens with two attached hydrogens (primary N) is 3. The van der Waals surface area contributed by atoms with E-state index in [0.29, 0.717) is 6.42 Å². The molecule has 0 saturated carbocycles. The number of carboxylic acid groups (broad SMARTS) is 1. The predicted octanol–water partition coefficient (Wildman–Crippen LogP) is -2.43. The van der Waals surface area contributed by atoms with Gasteiger partial charge in [0.15, 0.2) is 5.96 Å². The first-order chi connectivity index (χ1) is 28.1. The highest BCUT2D eigenvalue weighted by atomic mass is 16.4. The number of aliphatic hydroxyl groups excluding tert-OH is 2. The van der Waals surface area contributed by atoms with E-state index < -0.39 is 96.4 Å². The fraction of sp³-hybridized carbons (Fsp3) is 0.590. The highest BCUT2D eigenvalue weighted by molar-refractivity contribution is 5.96. The normalized spacial score (nSPS) is 15.3. The van der Waals surface area contributed by atoms with Crippen LogP contribution in [0.25, 0.3) is 10.9 Å². The number of nitrogens with one attached hydrogen (secondary N) is 7. The molecule has 0 saturated heterocycles. The topological polar surface area (TPSA) is 359 Å². The summed E-state index contributed by atoms with van der Waals surface area (Å²) in [4.78, 5) is 98.5. The number of H-pyrrole nitrogens is 1. The first-order valence-corrected chi connectivity index (χ1v) is 19.8. The number of carboxylic acids is 1. The molecule has 0 aliphatic heterocycles. The fourth-order valence-electron chi connectivity index (χ4n) is 6.19. The second kappa shape index (κ2) is 24.3. The maximum atomic E-state index is 13.9. The summed E-state index contributed by atoms with van der Waals surface area (Å²) in [5, 5.41) is 45.7. The molecule has 1 heterocycles. The van der Waals surface area contributed by atoms with E-state index >= 15 is 0 Å². The number of hydrogen-bond acceptors (Lipinski definition) is 11. The van der Waals surface area contributed by atoms with E-state index in [4.69, 9.17) is 17.2 Å². The van der Waals surface area contributed by atoms with Gasteiger partial charge in [0.05, 0.1) is 24.8 Å². The molecule has 0 unspecified atom stereocenters. The third-order valence-corrected chi connectivity index (χ3v) is 9.26. The van der Waals surface area contributed by atoms with Gasteiger partial charge in [-0.2, -0.15) is 0 Å². The molecule has 0 radical (unpaired) electrons. The number of aliphatic carboxylic acids is 1. The highest BCUT2D eigenvalue weighted by Gasteiger charge is 2.34. The Hall–Kier alpha value is -5.80. The first kappa shape index (κ1) is 50.3. The standard InChI is InChI=1S/C39H63N11O10/c1-19(2)14-25(40)33(54)47-29(16-23-17-44-26-11-8-7-10-24(23)26)35(56)48-28(15-20(3)4)34(55)45-18-30(53)49-31(21(5)51)37(58)50-32(22(6)52)36(57)46-27(38(59)60)12-9-13-43-39(41)42/h7-8,10-11,17,19-22,25,27-29,31-32,44,51-52H,9,12-16,18,40H2,1-6H3,(H,45,55)(H,46,57)(H,47,54)(H,48,56)(H,49,53)(H,50,58)(H,59,60)(H4,41,42,43)/t21-,22-,25+,27+,28+,29+,31+,32+/m1/s1. The van der Waals surface area contributed by atoms with Gasteiger partial charge in [0, 0.05) is 30.1 Å². The molecule has 0 aliphatic carbocycles. The number of nitrogens with zero attached hydrogens (tertiary/aromatic N) is 1. The Morgan fingerprint density at radius 1 is 0.717 bits per heavy atom. The van der Waals surface area contributed by atoms with Crippen LogP contribution in [0.4, 0.5) is 0 Å². The molecule has 60 heavy (non-hydrogen) atoms. The minimum atomic E-state index is -1.70. The van der Waals surface area contributed by atoms with Crippen LogP contribution in [-0.2, 0) is 40.0 Å². The summed E-state index contributed by atoms with van der Waals surface area (Å²) in [6, 6.07) is -0.583. The molecule has 0 bridgehead atoms. The summed E-state index contributed by atoms with van der Waals surface area (Å²) in [5.74, 6) is -6.66. The van der Waals surface area contributed by atoms with E-state index in [1.54, 1.807) is 6.20 Å². The minimum absolute atomic E-state index is 0.0651. The molecule has 1 aromatic carbocycles. The van der Waals surface area contributed by atoms with Crippen LogP contribution >= 0.6 is 0 Å². The predicted molar refractivity (Wildman–Crippen MR) is 222 cm³/mol. The summed E-state index contributed by atoms with van der Waals surface area (Å²) in [6.07, 6.45) is -0.693. The molecule has 334 valence electrons. The van der Waals surface area contributed by atoms with E-state index in [1.165, 1.54) is 6.92 Å². The largest absolute Gasteiger partial charge is 0.480 e. The van der Waals surface area contributed by atoms with E-state index in [9.17, 15) is 48.9 Å². The van der Waals surface area contributed by atoms with Crippen molar-refractivity contribution in [2.24, 2.45) is 34.0 Å². The SMILES string of the molecule is CC(C)C[C@H](NC(=O)[C@H](Cc1c[nH]c2ccccc12)NC(=O)[C@@H](N)CC(C)C)C(=O)NCC(=O)N[C@H](C(=O)N[C@H](C(=O)N[C@@H](CCCN=C(N)N)C(=O)O)[C@@H](C)O)[C@@H](C)O. The number of guanidine groups is 1. The molecule has 0 spiro atoms. The zero-order valence-electron chi connectivity index (χ0n) is 35.0. The Bertz CT molecular complexity index is 1810. The lowest BCUT2D eigenvalue weighted by Gasteiger charge is -2.27. The molecule has 8 atom stereocenters. The van der Waals surface area contributed by atoms with Crippen LogP contribution in [0.2, 0.25) is 0 Å². The van der Waals surface area contributed by atoms with Crippen molar-refractivity contribution in [3.05, 3.63) is 36.0 Å². The molecular weight excluding hydrogens is 782 g/mol. The Morgan fingerprint density at radius 3 is 1.87 bits per heavy atom. The van der Waals surface area contributed by atoms with Gasteiger partial charge in [-0.3, -0.25) is 33.8 Å². The van der Waals surface area contributed by atoms with Gasteiger partial charge in [-0.1, -0.05) is 45.9 Å². The zero-order valence-corrected chi connectivity index (χ0v) is 35.0. The van der Waals surface area contributed by atoms with Crippen molar-refractivity contribution in [3.63, 3.8) is 0 Å². The van der Waals surface area contributed by atoms with Crippen molar-refractivity contribution in [3.8, 4) is 0 Å². The number of fused-ring (bicyclic) bond motifs is 1. The van der Waals surface area contributed by atoms with Crippen molar-refractivity contribution in [2.75, 3.05) is 13.1 Å². The third-order valence-electron chi connectivity index (χ3n) is 9.26. The highest BCUT2D eigenvalue weighted by Crippen LogP contribution is 2.20. The lowest BCUT2D eigenvalue weighted by molar-refractivity contribution is -0.143. The number of amides is 6. The van der Waals surface area contributed by atoms with Crippen LogP contribution in [0.1, 0.15) is 72.8 Å². The van der Waals surface area contributed by atoms with Gasteiger partial charge in [-0.15, -0.1) is 0 Å². The summed E-state index contributed by atoms with van der Waals surface area (Å²) in [7, 11) is 0. The number of carbonyl (C=O) groups is 7. The molecule has 2 aromatic rings. The summed E-state index contributed by atoms with van der Waals surface area (Å²) >= 11 is 0. The van der Waals surface area contributed by atoms with Crippen LogP contribution in [-0.4, -0.2) is 129 Å². The van der Waals surface area contributed by atoms with Crippen LogP contribution in [0.3, 0.4) is 0 Å². The average Bonchev–Trinajstić information content (AvgIpc) is 3.56. The first-order valence-electron chi connectivity index (χ1n) is 19.8. The molecule has 1 aromatic heterocycles.